The molecule has 0 amide bonds. The summed E-state index contributed by atoms with van der Waals surface area (Å²) in [5.74, 6) is 0.404. The van der Waals surface area contributed by atoms with Crippen molar-refractivity contribution in [1.29, 1.82) is 0 Å². The predicted octanol–water partition coefficient (Wildman–Crippen LogP) is 0.482. The van der Waals surface area contributed by atoms with E-state index in [0.29, 0.717) is 17.3 Å². The molecule has 9 heteroatoms. The maximum Gasteiger partial charge on any atom is 0.333 e. The van der Waals surface area contributed by atoms with Crippen molar-refractivity contribution < 1.29 is 22.5 Å². The summed E-state index contributed by atoms with van der Waals surface area (Å²) in [4.78, 5) is 10.7. The molecule has 1 rings (SSSR count). The van der Waals surface area contributed by atoms with Crippen molar-refractivity contribution in [3.63, 3.8) is 0 Å². The van der Waals surface area contributed by atoms with Crippen LogP contribution < -0.4 is 11.5 Å². The lowest BCUT2D eigenvalue weighted by molar-refractivity contribution is -0.138. The average Bonchev–Trinajstić information content (AvgIpc) is 2.46. The number of aryl methyl sites for hydroxylation is 1. The second kappa shape index (κ2) is 11.0. The number of esters is 1. The Kier molecular flexibility index (Phi) is 10.2. The Hall–Kier alpha value is -1.65. The highest BCUT2D eigenvalue weighted by Crippen LogP contribution is 2.08. The van der Waals surface area contributed by atoms with Gasteiger partial charge in [0.25, 0.3) is 0 Å². The summed E-state index contributed by atoms with van der Waals surface area (Å²) in [6, 6.07) is 5.78. The molecule has 0 atom stereocenters. The lowest BCUT2D eigenvalue weighted by Gasteiger charge is -2.05. The van der Waals surface area contributed by atoms with Crippen molar-refractivity contribution in [3.05, 3.63) is 42.0 Å². The second-order valence-electron chi connectivity index (χ2n) is 4.79. The summed E-state index contributed by atoms with van der Waals surface area (Å²) in [5, 5.41) is 0.339. The Balaban J connectivity index is 0.000000446. The molecule has 0 fully saturated rings. The number of rotatable bonds is 6. The van der Waals surface area contributed by atoms with Gasteiger partial charge in [-0.2, -0.15) is 0 Å². The average molecular weight is 374 g/mol. The van der Waals surface area contributed by atoms with Gasteiger partial charge in [-0.15, -0.1) is 0 Å². The van der Waals surface area contributed by atoms with Crippen LogP contribution in [0, 0.1) is 6.92 Å². The first-order valence-electron chi connectivity index (χ1n) is 6.90. The number of hydrogen-bond acceptors (Lipinski definition) is 5. The van der Waals surface area contributed by atoms with Crippen LogP contribution in [-0.2, 0) is 31.0 Å². The molecule has 0 aliphatic rings. The quantitative estimate of drug-likeness (QED) is 0.185. The maximum absolute atomic E-state index is 10.9. The minimum Gasteiger partial charge on any atom is -0.744 e. The third kappa shape index (κ3) is 11.0. The number of ether oxygens (including phenoxy) is 1. The van der Waals surface area contributed by atoms with Gasteiger partial charge in [-0.05, 0) is 26.0 Å². The Labute approximate surface area is 146 Å². The molecule has 1 aromatic carbocycles. The molecule has 7 nitrogen and oxygen atoms in total. The van der Waals surface area contributed by atoms with Gasteiger partial charge in [0.15, 0.2) is 5.75 Å². The number of benzene rings is 1. The molecule has 0 bridgehead atoms. The van der Waals surface area contributed by atoms with Crippen LogP contribution in [0.4, 0.5) is 0 Å². The van der Waals surface area contributed by atoms with E-state index >= 15 is 0 Å². The van der Waals surface area contributed by atoms with Crippen LogP contribution in [0.3, 0.4) is 0 Å². The molecular formula is C15H22N2O5S2. The van der Waals surface area contributed by atoms with Crippen molar-refractivity contribution in [2.75, 3.05) is 12.4 Å². The van der Waals surface area contributed by atoms with Gasteiger partial charge in [0.2, 0.25) is 11.4 Å². The Morgan fingerprint density at radius 3 is 2.25 bits per heavy atom. The summed E-state index contributed by atoms with van der Waals surface area (Å²) in [6.07, 6.45) is 0.738. The van der Waals surface area contributed by atoms with E-state index < -0.39 is 10.1 Å². The van der Waals surface area contributed by atoms with Crippen LogP contribution in [-0.4, -0.2) is 36.4 Å². The van der Waals surface area contributed by atoms with Crippen molar-refractivity contribution >= 4 is 32.6 Å². The molecule has 0 heterocycles. The number of hydrogen-bond donors (Lipinski definition) is 2. The molecule has 0 aromatic heterocycles. The van der Waals surface area contributed by atoms with Gasteiger partial charge in [-0.25, -0.2) is 24.7 Å². The van der Waals surface area contributed by atoms with Gasteiger partial charge in [-0.3, -0.25) is 0 Å². The monoisotopic (exact) mass is 374 g/mol. The Morgan fingerprint density at radius 1 is 1.29 bits per heavy atom. The highest BCUT2D eigenvalue weighted by molar-refractivity contribution is 7.85. The lowest BCUT2D eigenvalue weighted by atomic mass is 10.2. The molecule has 24 heavy (non-hydrogen) atoms. The van der Waals surface area contributed by atoms with E-state index in [1.165, 1.54) is 23.5 Å². The third-order valence-electron chi connectivity index (χ3n) is 2.45. The predicted molar refractivity (Wildman–Crippen MR) is 95.1 cm³/mol. The third-order valence-corrected chi connectivity index (χ3v) is 4.12. The van der Waals surface area contributed by atoms with E-state index in [-0.39, 0.29) is 10.9 Å². The van der Waals surface area contributed by atoms with Crippen LogP contribution in [0.15, 0.2) is 41.3 Å². The summed E-state index contributed by atoms with van der Waals surface area (Å²) < 4.78 is 36.0. The molecule has 0 saturated carbocycles. The fourth-order valence-corrected chi connectivity index (χ4v) is 2.21. The van der Waals surface area contributed by atoms with E-state index in [9.17, 15) is 17.8 Å². The highest BCUT2D eigenvalue weighted by Gasteiger charge is 2.04. The minimum absolute atomic E-state index is 0.178. The molecule has 0 aliphatic heterocycles. The fraction of sp³-hybridized carbons (Fsp3) is 0.333. The van der Waals surface area contributed by atoms with Crippen molar-refractivity contribution in [2.45, 2.75) is 25.2 Å². The maximum atomic E-state index is 10.9. The highest BCUT2D eigenvalue weighted by atomic mass is 32.2. The summed E-state index contributed by atoms with van der Waals surface area (Å²) in [6.45, 7) is 7.27. The van der Waals surface area contributed by atoms with Gasteiger partial charge >= 0.3 is 11.1 Å². The molecule has 1 aromatic rings. The molecule has 0 unspecified atom stereocenters. The SMILES string of the molecule is C=C(C)C(=O)OCCC[S+]=C(N)N.Cc1ccc(S(=O)(=O)[O-])cc1. The molecule has 0 aliphatic carbocycles. The second-order valence-corrected chi connectivity index (χ2v) is 7.34. The van der Waals surface area contributed by atoms with Crippen molar-refractivity contribution in [3.8, 4) is 0 Å². The van der Waals surface area contributed by atoms with Crippen LogP contribution in [0.2, 0.25) is 0 Å². The standard InChI is InChI=1S/C8H15N2O2S.C7H8O3S/c1-6(2)7(11)12-4-3-5-13-8(9)10;1-6-2-4-7(5-3-6)11(8,9)10/h1,3-5,9-10H2,2H3;2-5H,1H3,(H,8,9,10)/q+1;/p-1. The van der Waals surface area contributed by atoms with Gasteiger partial charge in [0, 0.05) is 12.0 Å². The minimum atomic E-state index is -4.27. The normalized spacial score (nSPS) is 10.2. The van der Waals surface area contributed by atoms with E-state index in [1.54, 1.807) is 19.1 Å². The first-order chi connectivity index (χ1) is 11.0. The smallest absolute Gasteiger partial charge is 0.333 e. The van der Waals surface area contributed by atoms with Crippen LogP contribution in [0.1, 0.15) is 18.9 Å². The molecule has 0 saturated heterocycles. The largest absolute Gasteiger partial charge is 0.744 e. The van der Waals surface area contributed by atoms with Gasteiger partial charge in [0.05, 0.1) is 11.5 Å². The zero-order valence-corrected chi connectivity index (χ0v) is 15.3. The summed E-state index contributed by atoms with van der Waals surface area (Å²) >= 11 is 1.35. The van der Waals surface area contributed by atoms with Gasteiger partial charge in [-0.1, -0.05) is 24.3 Å². The zero-order chi connectivity index (χ0) is 18.8. The zero-order valence-electron chi connectivity index (χ0n) is 13.7. The molecule has 134 valence electrons. The summed E-state index contributed by atoms with van der Waals surface area (Å²) in [5.41, 5.74) is 11.8. The van der Waals surface area contributed by atoms with E-state index in [2.05, 4.69) is 6.58 Å². The molecule has 4 N–H and O–H groups in total. The fourth-order valence-electron chi connectivity index (χ4n) is 1.24. The van der Waals surface area contributed by atoms with Gasteiger partial charge in [0.1, 0.15) is 10.1 Å². The Bertz CT molecular complexity index is 678. The van der Waals surface area contributed by atoms with Crippen LogP contribution >= 0.6 is 0 Å². The number of nitrogens with two attached hydrogens (primary N) is 2. The first-order valence-corrected chi connectivity index (χ1v) is 9.29. The van der Waals surface area contributed by atoms with Crippen LogP contribution in [0.5, 0.6) is 0 Å². The first kappa shape index (κ1) is 22.4. The van der Waals surface area contributed by atoms with Crippen LogP contribution in [0.25, 0.3) is 0 Å². The van der Waals surface area contributed by atoms with E-state index in [1.807, 2.05) is 6.92 Å². The Morgan fingerprint density at radius 2 is 1.83 bits per heavy atom. The van der Waals surface area contributed by atoms with E-state index in [4.69, 9.17) is 16.2 Å². The molecular weight excluding hydrogens is 352 g/mol. The number of carbonyl (C=O) groups is 1. The number of carbonyl (C=O) groups excluding carboxylic acids is 1. The molecule has 0 radical (unpaired) electrons. The topological polar surface area (TPSA) is 136 Å². The van der Waals surface area contributed by atoms with Gasteiger partial charge < -0.3 is 9.29 Å². The van der Waals surface area contributed by atoms with Crippen molar-refractivity contribution in [2.24, 2.45) is 11.5 Å². The summed E-state index contributed by atoms with van der Waals surface area (Å²) in [7, 11) is -4.27. The molecule has 0 spiro atoms. The lowest BCUT2D eigenvalue weighted by Crippen LogP contribution is -2.24. The van der Waals surface area contributed by atoms with Crippen molar-refractivity contribution in [1.82, 2.24) is 0 Å². The van der Waals surface area contributed by atoms with E-state index in [0.717, 1.165) is 17.7 Å².